The van der Waals surface area contributed by atoms with Gasteiger partial charge in [0.2, 0.25) is 0 Å². The van der Waals surface area contributed by atoms with Crippen molar-refractivity contribution in [2.24, 2.45) is 0 Å². The van der Waals surface area contributed by atoms with Crippen LogP contribution in [-0.2, 0) is 11.2 Å². The number of carboxylic acid groups (broad SMARTS) is 1. The Hall–Kier alpha value is -1.84. The average molecular weight is 207 g/mol. The Morgan fingerprint density at radius 1 is 1.27 bits per heavy atom. The molecule has 15 heavy (non-hydrogen) atoms. The summed E-state index contributed by atoms with van der Waals surface area (Å²) < 4.78 is 0. The molecule has 80 valence electrons. The second-order valence-corrected chi connectivity index (χ2v) is 3.43. The van der Waals surface area contributed by atoms with E-state index in [-0.39, 0.29) is 12.3 Å². The molecule has 0 radical (unpaired) electrons. The molecular formula is C11H13NO3. The Morgan fingerprint density at radius 2 is 1.87 bits per heavy atom. The van der Waals surface area contributed by atoms with Crippen molar-refractivity contribution in [3.8, 4) is 0 Å². The van der Waals surface area contributed by atoms with E-state index in [9.17, 15) is 9.59 Å². The molecule has 1 aromatic rings. The number of benzene rings is 1. The maximum Gasteiger partial charge on any atom is 0.307 e. The van der Waals surface area contributed by atoms with Gasteiger partial charge in [0.25, 0.3) is 5.91 Å². The minimum atomic E-state index is -0.936. The van der Waals surface area contributed by atoms with Crippen LogP contribution in [0.2, 0.25) is 0 Å². The van der Waals surface area contributed by atoms with Crippen LogP contribution in [0.25, 0.3) is 0 Å². The van der Waals surface area contributed by atoms with Crippen molar-refractivity contribution < 1.29 is 14.7 Å². The van der Waals surface area contributed by atoms with Gasteiger partial charge in [-0.2, -0.15) is 0 Å². The number of amides is 1. The zero-order valence-electron chi connectivity index (χ0n) is 8.73. The van der Waals surface area contributed by atoms with Crippen LogP contribution >= 0.6 is 0 Å². The molecule has 0 fully saturated rings. The average Bonchev–Trinajstić information content (AvgIpc) is 2.16. The normalized spacial score (nSPS) is 9.73. The summed E-state index contributed by atoms with van der Waals surface area (Å²) in [4.78, 5) is 23.7. The Bertz CT molecular complexity index is 385. The molecule has 0 aromatic heterocycles. The monoisotopic (exact) mass is 207 g/mol. The van der Waals surface area contributed by atoms with E-state index in [0.717, 1.165) is 0 Å². The number of aliphatic carboxylic acids is 1. The van der Waals surface area contributed by atoms with Crippen molar-refractivity contribution in [3.05, 3.63) is 35.4 Å². The van der Waals surface area contributed by atoms with E-state index < -0.39 is 5.97 Å². The molecule has 0 aliphatic carbocycles. The van der Waals surface area contributed by atoms with E-state index >= 15 is 0 Å². The number of rotatable bonds is 3. The van der Waals surface area contributed by atoms with E-state index in [4.69, 9.17) is 5.11 Å². The van der Waals surface area contributed by atoms with Gasteiger partial charge in [-0.25, -0.2) is 0 Å². The Balaban J connectivity index is 3.06. The molecule has 0 heterocycles. The molecule has 0 bridgehead atoms. The highest BCUT2D eigenvalue weighted by Gasteiger charge is 2.14. The maximum absolute atomic E-state index is 11.7. The SMILES string of the molecule is CN(C)C(=O)c1ccccc1CC(=O)O. The molecule has 4 heteroatoms. The molecule has 1 N–H and O–H groups in total. The Kier molecular flexibility index (Phi) is 3.44. The quantitative estimate of drug-likeness (QED) is 0.804. The van der Waals surface area contributed by atoms with Crippen LogP contribution in [0.4, 0.5) is 0 Å². The first-order chi connectivity index (χ1) is 7.02. The first kappa shape index (κ1) is 11.2. The molecule has 0 atom stereocenters. The Morgan fingerprint density at radius 3 is 2.40 bits per heavy atom. The molecule has 0 aliphatic rings. The summed E-state index contributed by atoms with van der Waals surface area (Å²) in [6.07, 6.45) is -0.129. The van der Waals surface area contributed by atoms with Crippen molar-refractivity contribution in [1.29, 1.82) is 0 Å². The summed E-state index contributed by atoms with van der Waals surface area (Å²) in [6, 6.07) is 6.75. The third kappa shape index (κ3) is 2.80. The highest BCUT2D eigenvalue weighted by Crippen LogP contribution is 2.11. The fraction of sp³-hybridized carbons (Fsp3) is 0.273. The van der Waals surface area contributed by atoms with Crippen LogP contribution in [-0.4, -0.2) is 36.0 Å². The molecule has 0 saturated heterocycles. The van der Waals surface area contributed by atoms with Crippen LogP contribution < -0.4 is 0 Å². The molecule has 0 spiro atoms. The fourth-order valence-corrected chi connectivity index (χ4v) is 1.29. The van der Waals surface area contributed by atoms with Crippen molar-refractivity contribution in [1.82, 2.24) is 4.90 Å². The van der Waals surface area contributed by atoms with Gasteiger partial charge in [0.05, 0.1) is 6.42 Å². The summed E-state index contributed by atoms with van der Waals surface area (Å²) in [6.45, 7) is 0. The van der Waals surface area contributed by atoms with Gasteiger partial charge in [0.15, 0.2) is 0 Å². The number of carboxylic acids is 1. The van der Waals surface area contributed by atoms with Crippen molar-refractivity contribution in [3.63, 3.8) is 0 Å². The molecule has 1 aromatic carbocycles. The third-order valence-electron chi connectivity index (χ3n) is 2.00. The fourth-order valence-electron chi connectivity index (χ4n) is 1.29. The molecule has 1 amide bonds. The van der Waals surface area contributed by atoms with Crippen LogP contribution in [0.1, 0.15) is 15.9 Å². The van der Waals surface area contributed by atoms with Gasteiger partial charge in [0.1, 0.15) is 0 Å². The van der Waals surface area contributed by atoms with Gasteiger partial charge in [-0.05, 0) is 11.6 Å². The lowest BCUT2D eigenvalue weighted by atomic mass is 10.0. The Labute approximate surface area is 88.1 Å². The van der Waals surface area contributed by atoms with Gasteiger partial charge in [0, 0.05) is 19.7 Å². The zero-order chi connectivity index (χ0) is 11.4. The lowest BCUT2D eigenvalue weighted by Gasteiger charge is -2.12. The highest BCUT2D eigenvalue weighted by atomic mass is 16.4. The number of nitrogens with zero attached hydrogens (tertiary/aromatic N) is 1. The molecule has 1 rings (SSSR count). The second kappa shape index (κ2) is 4.59. The molecule has 0 aliphatic heterocycles. The predicted molar refractivity (Wildman–Crippen MR) is 55.8 cm³/mol. The minimum absolute atomic E-state index is 0.129. The van der Waals surface area contributed by atoms with Crippen LogP contribution in [0, 0.1) is 0 Å². The summed E-state index contributed by atoms with van der Waals surface area (Å²) in [5.41, 5.74) is 0.994. The number of carbonyl (C=O) groups excluding carboxylic acids is 1. The van der Waals surface area contributed by atoms with Crippen molar-refractivity contribution in [2.75, 3.05) is 14.1 Å². The van der Waals surface area contributed by atoms with E-state index in [1.165, 1.54) is 4.90 Å². The van der Waals surface area contributed by atoms with Crippen molar-refractivity contribution in [2.45, 2.75) is 6.42 Å². The van der Waals surface area contributed by atoms with Gasteiger partial charge in [-0.1, -0.05) is 18.2 Å². The summed E-state index contributed by atoms with van der Waals surface area (Å²) in [5, 5.41) is 8.69. The smallest absolute Gasteiger partial charge is 0.307 e. The summed E-state index contributed by atoms with van der Waals surface area (Å²) in [7, 11) is 3.28. The minimum Gasteiger partial charge on any atom is -0.481 e. The standard InChI is InChI=1S/C11H13NO3/c1-12(2)11(15)9-6-4-3-5-8(9)7-10(13)14/h3-6H,7H2,1-2H3,(H,13,14). The second-order valence-electron chi connectivity index (χ2n) is 3.43. The lowest BCUT2D eigenvalue weighted by Crippen LogP contribution is -2.23. The van der Waals surface area contributed by atoms with Gasteiger partial charge < -0.3 is 10.0 Å². The number of hydrogen-bond acceptors (Lipinski definition) is 2. The van der Waals surface area contributed by atoms with E-state index in [0.29, 0.717) is 11.1 Å². The van der Waals surface area contributed by atoms with E-state index in [1.54, 1.807) is 38.4 Å². The largest absolute Gasteiger partial charge is 0.481 e. The van der Waals surface area contributed by atoms with Crippen LogP contribution in [0.3, 0.4) is 0 Å². The van der Waals surface area contributed by atoms with Gasteiger partial charge in [-0.15, -0.1) is 0 Å². The molecule has 0 saturated carbocycles. The highest BCUT2D eigenvalue weighted by molar-refractivity contribution is 5.96. The van der Waals surface area contributed by atoms with E-state index in [1.807, 2.05) is 0 Å². The first-order valence-electron chi connectivity index (χ1n) is 4.53. The molecular weight excluding hydrogens is 194 g/mol. The summed E-state index contributed by atoms with van der Waals surface area (Å²) >= 11 is 0. The summed E-state index contributed by atoms with van der Waals surface area (Å²) in [5.74, 6) is -1.11. The topological polar surface area (TPSA) is 57.6 Å². The maximum atomic E-state index is 11.7. The molecule has 4 nitrogen and oxygen atoms in total. The lowest BCUT2D eigenvalue weighted by molar-refractivity contribution is -0.136. The number of carbonyl (C=O) groups is 2. The zero-order valence-corrected chi connectivity index (χ0v) is 8.73. The van der Waals surface area contributed by atoms with E-state index in [2.05, 4.69) is 0 Å². The van der Waals surface area contributed by atoms with Crippen molar-refractivity contribution >= 4 is 11.9 Å². The van der Waals surface area contributed by atoms with Crippen LogP contribution in [0.5, 0.6) is 0 Å². The first-order valence-corrected chi connectivity index (χ1v) is 4.53. The third-order valence-corrected chi connectivity index (χ3v) is 2.00. The molecule has 0 unspecified atom stereocenters. The van der Waals surface area contributed by atoms with Crippen LogP contribution in [0.15, 0.2) is 24.3 Å². The predicted octanol–water partition coefficient (Wildman–Crippen LogP) is 1.02. The van der Waals surface area contributed by atoms with Gasteiger partial charge >= 0.3 is 5.97 Å². The van der Waals surface area contributed by atoms with Gasteiger partial charge in [-0.3, -0.25) is 9.59 Å². The number of hydrogen-bond donors (Lipinski definition) is 1.